The van der Waals surface area contributed by atoms with E-state index in [-0.39, 0.29) is 11.7 Å². The van der Waals surface area contributed by atoms with E-state index in [1.807, 2.05) is 35.2 Å². The van der Waals surface area contributed by atoms with Gasteiger partial charge in [-0.3, -0.25) is 9.78 Å². The van der Waals surface area contributed by atoms with E-state index in [1.165, 1.54) is 12.1 Å². The van der Waals surface area contributed by atoms with E-state index in [0.29, 0.717) is 43.3 Å². The number of amides is 1. The third-order valence-corrected chi connectivity index (χ3v) is 6.07. The first-order valence-corrected chi connectivity index (χ1v) is 11.1. The van der Waals surface area contributed by atoms with Crippen molar-refractivity contribution in [2.45, 2.75) is 6.92 Å². The van der Waals surface area contributed by atoms with Gasteiger partial charge in [0, 0.05) is 56.4 Å². The second kappa shape index (κ2) is 9.05. The maximum absolute atomic E-state index is 14.0. The molecule has 8 heteroatoms. The lowest BCUT2D eigenvalue weighted by atomic mass is 10.0. The first kappa shape index (κ1) is 21.8. The minimum atomic E-state index is -0.305. The molecule has 0 aliphatic carbocycles. The molecule has 0 bridgehead atoms. The number of aromatic nitrogens is 3. The summed E-state index contributed by atoms with van der Waals surface area (Å²) in [6.07, 6.45) is 3.44. The Kier molecular flexibility index (Phi) is 5.79. The summed E-state index contributed by atoms with van der Waals surface area (Å²) in [4.78, 5) is 29.8. The zero-order valence-corrected chi connectivity index (χ0v) is 19.0. The van der Waals surface area contributed by atoms with Crippen molar-refractivity contribution in [2.75, 3.05) is 38.2 Å². The van der Waals surface area contributed by atoms with E-state index >= 15 is 0 Å². The summed E-state index contributed by atoms with van der Waals surface area (Å²) in [6.45, 7) is 4.11. The Labute approximate surface area is 196 Å². The number of ether oxygens (including phenoxy) is 1. The molecule has 2 aromatic carbocycles. The largest absolute Gasteiger partial charge is 0.494 e. The molecule has 0 saturated carbocycles. The summed E-state index contributed by atoms with van der Waals surface area (Å²) >= 11 is 0. The topological polar surface area (TPSA) is 71.5 Å². The number of hydrogen-bond donors (Lipinski definition) is 0. The predicted octanol–water partition coefficient (Wildman–Crippen LogP) is 4.18. The molecule has 172 valence electrons. The Bertz CT molecular complexity index is 1350. The van der Waals surface area contributed by atoms with Gasteiger partial charge in [0.25, 0.3) is 0 Å². The van der Waals surface area contributed by atoms with Gasteiger partial charge in [0.2, 0.25) is 5.91 Å². The molecule has 0 atom stereocenters. The Morgan fingerprint density at radius 1 is 0.971 bits per heavy atom. The molecule has 3 heterocycles. The molecular formula is C26H24FN5O2. The van der Waals surface area contributed by atoms with Crippen LogP contribution in [0, 0.1) is 5.82 Å². The fraction of sp³-hybridized carbons (Fsp3) is 0.231. The Morgan fingerprint density at radius 3 is 2.44 bits per heavy atom. The SMILES string of the molecule is COc1cc(-c2cccc(F)c2)cc2c(N3CCN(C(C)=O)CC3)nc(-c3cccnc3)nc12. The molecule has 34 heavy (non-hydrogen) atoms. The zero-order chi connectivity index (χ0) is 23.7. The van der Waals surface area contributed by atoms with Crippen LogP contribution in [0.15, 0.2) is 60.9 Å². The first-order valence-electron chi connectivity index (χ1n) is 11.1. The molecule has 4 aromatic rings. The van der Waals surface area contributed by atoms with Gasteiger partial charge in [0.15, 0.2) is 5.82 Å². The lowest BCUT2D eigenvalue weighted by Gasteiger charge is -2.35. The van der Waals surface area contributed by atoms with Gasteiger partial charge in [-0.2, -0.15) is 0 Å². The van der Waals surface area contributed by atoms with Crippen LogP contribution in [-0.4, -0.2) is 59.0 Å². The summed E-state index contributed by atoms with van der Waals surface area (Å²) < 4.78 is 19.7. The molecule has 5 rings (SSSR count). The quantitative estimate of drug-likeness (QED) is 0.458. The van der Waals surface area contributed by atoms with Crippen molar-refractivity contribution >= 4 is 22.6 Å². The standard InChI is InChI=1S/C26H24FN5O2/c1-17(33)31-9-11-32(12-10-31)26-22-14-20(18-5-3-7-21(27)13-18)15-23(34-2)24(22)29-25(30-26)19-6-4-8-28-16-19/h3-8,13-16H,9-12H2,1-2H3. The van der Waals surface area contributed by atoms with Crippen LogP contribution in [0.4, 0.5) is 10.2 Å². The summed E-state index contributed by atoms with van der Waals surface area (Å²) in [5.74, 6) is 1.64. The number of methoxy groups -OCH3 is 1. The third-order valence-electron chi connectivity index (χ3n) is 6.07. The van der Waals surface area contributed by atoms with Gasteiger partial charge in [-0.05, 0) is 47.5 Å². The van der Waals surface area contributed by atoms with Crippen LogP contribution < -0.4 is 9.64 Å². The summed E-state index contributed by atoms with van der Waals surface area (Å²) in [7, 11) is 1.60. The number of fused-ring (bicyclic) bond motifs is 1. The van der Waals surface area contributed by atoms with Gasteiger partial charge >= 0.3 is 0 Å². The van der Waals surface area contributed by atoms with Crippen molar-refractivity contribution in [1.29, 1.82) is 0 Å². The number of rotatable bonds is 4. The highest BCUT2D eigenvalue weighted by Gasteiger charge is 2.24. The molecule has 1 aliphatic rings. The van der Waals surface area contributed by atoms with Crippen molar-refractivity contribution in [2.24, 2.45) is 0 Å². The molecule has 7 nitrogen and oxygen atoms in total. The Balaban J connectivity index is 1.70. The normalized spacial score (nSPS) is 13.9. The number of hydrogen-bond acceptors (Lipinski definition) is 6. The fourth-order valence-corrected chi connectivity index (χ4v) is 4.27. The number of benzene rings is 2. The van der Waals surface area contributed by atoms with E-state index in [0.717, 1.165) is 27.9 Å². The van der Waals surface area contributed by atoms with Gasteiger partial charge < -0.3 is 14.5 Å². The lowest BCUT2D eigenvalue weighted by molar-refractivity contribution is -0.129. The number of pyridine rings is 1. The first-order chi connectivity index (χ1) is 16.5. The monoisotopic (exact) mass is 457 g/mol. The minimum absolute atomic E-state index is 0.0679. The van der Waals surface area contributed by atoms with E-state index in [4.69, 9.17) is 14.7 Å². The molecule has 0 radical (unpaired) electrons. The third kappa shape index (κ3) is 4.14. The molecule has 1 fully saturated rings. The molecular weight excluding hydrogens is 433 g/mol. The number of carbonyl (C=O) groups excluding carboxylic acids is 1. The Morgan fingerprint density at radius 2 is 1.76 bits per heavy atom. The average Bonchev–Trinajstić information content (AvgIpc) is 2.88. The van der Waals surface area contributed by atoms with Crippen molar-refractivity contribution in [3.8, 4) is 28.3 Å². The number of carbonyl (C=O) groups is 1. The molecule has 0 unspecified atom stereocenters. The average molecular weight is 458 g/mol. The van der Waals surface area contributed by atoms with Crippen molar-refractivity contribution in [3.05, 3.63) is 66.7 Å². The smallest absolute Gasteiger partial charge is 0.219 e. The van der Waals surface area contributed by atoms with Gasteiger partial charge in [-0.25, -0.2) is 14.4 Å². The molecule has 1 amide bonds. The van der Waals surface area contributed by atoms with Crippen molar-refractivity contribution < 1.29 is 13.9 Å². The zero-order valence-electron chi connectivity index (χ0n) is 19.0. The second-order valence-corrected chi connectivity index (χ2v) is 8.19. The van der Waals surface area contributed by atoms with Crippen LogP contribution in [0.1, 0.15) is 6.92 Å². The molecule has 1 aliphatic heterocycles. The lowest BCUT2D eigenvalue weighted by Crippen LogP contribution is -2.48. The molecule has 0 spiro atoms. The highest BCUT2D eigenvalue weighted by atomic mass is 19.1. The summed E-state index contributed by atoms with van der Waals surface area (Å²) in [5.41, 5.74) is 3.01. The van der Waals surface area contributed by atoms with Crippen LogP contribution in [0.5, 0.6) is 5.75 Å². The maximum atomic E-state index is 14.0. The summed E-state index contributed by atoms with van der Waals surface area (Å²) in [5, 5.41) is 0.808. The van der Waals surface area contributed by atoms with Crippen molar-refractivity contribution in [3.63, 3.8) is 0 Å². The van der Waals surface area contributed by atoms with Crippen molar-refractivity contribution in [1.82, 2.24) is 19.9 Å². The van der Waals surface area contributed by atoms with E-state index < -0.39 is 0 Å². The second-order valence-electron chi connectivity index (χ2n) is 8.19. The van der Waals surface area contributed by atoms with E-state index in [2.05, 4.69) is 9.88 Å². The maximum Gasteiger partial charge on any atom is 0.219 e. The number of halogens is 1. The molecule has 0 N–H and O–H groups in total. The minimum Gasteiger partial charge on any atom is -0.494 e. The summed E-state index contributed by atoms with van der Waals surface area (Å²) in [6, 6.07) is 14.1. The number of anilines is 1. The van der Waals surface area contributed by atoms with Gasteiger partial charge in [0.05, 0.1) is 7.11 Å². The van der Waals surface area contributed by atoms with Gasteiger partial charge in [-0.1, -0.05) is 12.1 Å². The number of piperazine rings is 1. The van der Waals surface area contributed by atoms with Gasteiger partial charge in [0.1, 0.15) is 22.9 Å². The van der Waals surface area contributed by atoms with E-state index in [9.17, 15) is 9.18 Å². The van der Waals surface area contributed by atoms with E-state index in [1.54, 1.807) is 32.5 Å². The van der Waals surface area contributed by atoms with Crippen LogP contribution in [0.3, 0.4) is 0 Å². The van der Waals surface area contributed by atoms with Crippen LogP contribution in [0.25, 0.3) is 33.4 Å². The fourth-order valence-electron chi connectivity index (χ4n) is 4.27. The van der Waals surface area contributed by atoms with Gasteiger partial charge in [-0.15, -0.1) is 0 Å². The van der Waals surface area contributed by atoms with Crippen LogP contribution >= 0.6 is 0 Å². The Hall–Kier alpha value is -4.07. The number of nitrogens with zero attached hydrogens (tertiary/aromatic N) is 5. The highest BCUT2D eigenvalue weighted by molar-refractivity contribution is 5.98. The molecule has 1 saturated heterocycles. The highest BCUT2D eigenvalue weighted by Crippen LogP contribution is 2.37. The van der Waals surface area contributed by atoms with Crippen LogP contribution in [0.2, 0.25) is 0 Å². The molecule has 2 aromatic heterocycles. The van der Waals surface area contributed by atoms with Crippen LogP contribution in [-0.2, 0) is 4.79 Å². The predicted molar refractivity (Wildman–Crippen MR) is 129 cm³/mol.